The summed E-state index contributed by atoms with van der Waals surface area (Å²) in [4.78, 5) is 2.53. The van der Waals surface area contributed by atoms with E-state index in [1.165, 1.54) is 25.8 Å². The van der Waals surface area contributed by atoms with Gasteiger partial charge in [-0.15, -0.1) is 5.10 Å². The number of rotatable bonds is 2. The molecule has 2 aliphatic heterocycles. The van der Waals surface area contributed by atoms with E-state index in [9.17, 15) is 0 Å². The fourth-order valence-corrected chi connectivity index (χ4v) is 2.50. The molecule has 2 aliphatic rings. The van der Waals surface area contributed by atoms with Crippen molar-refractivity contribution in [3.63, 3.8) is 0 Å². The third-order valence-corrected chi connectivity index (χ3v) is 3.16. The summed E-state index contributed by atoms with van der Waals surface area (Å²) < 4.78 is 1.94. The van der Waals surface area contributed by atoms with Gasteiger partial charge in [0.2, 0.25) is 0 Å². The van der Waals surface area contributed by atoms with E-state index in [1.807, 2.05) is 10.9 Å². The van der Waals surface area contributed by atoms with Gasteiger partial charge >= 0.3 is 0 Å². The van der Waals surface area contributed by atoms with Gasteiger partial charge in [-0.1, -0.05) is 11.3 Å². The smallest absolute Gasteiger partial charge is 0.0692 e. The van der Waals surface area contributed by atoms with Gasteiger partial charge in [0, 0.05) is 24.5 Å². The molecule has 0 aromatic carbocycles. The van der Waals surface area contributed by atoms with Gasteiger partial charge in [0.25, 0.3) is 0 Å². The van der Waals surface area contributed by atoms with Crippen LogP contribution < -0.4 is 0 Å². The lowest BCUT2D eigenvalue weighted by Crippen LogP contribution is -2.30. The molecule has 0 N–H and O–H groups in total. The van der Waals surface area contributed by atoms with E-state index in [-0.39, 0.29) is 0 Å². The Morgan fingerprint density at radius 3 is 3.36 bits per heavy atom. The molecule has 1 aromatic rings. The zero-order valence-electron chi connectivity index (χ0n) is 8.13. The highest BCUT2D eigenvalue weighted by atomic mass is 15.4. The van der Waals surface area contributed by atoms with Crippen LogP contribution in [0.3, 0.4) is 0 Å². The lowest BCUT2D eigenvalue weighted by atomic mass is 10.2. The third kappa shape index (κ3) is 1.22. The second kappa shape index (κ2) is 3.12. The fourth-order valence-electron chi connectivity index (χ4n) is 2.50. The number of fused-ring (bicyclic) bond motifs is 1. The van der Waals surface area contributed by atoms with E-state index in [2.05, 4.69) is 21.3 Å². The molecule has 4 nitrogen and oxygen atoms in total. The first-order chi connectivity index (χ1) is 6.93. The summed E-state index contributed by atoms with van der Waals surface area (Å²) >= 11 is 0. The van der Waals surface area contributed by atoms with Crippen LogP contribution in [0.25, 0.3) is 0 Å². The molecule has 0 amide bonds. The highest BCUT2D eigenvalue weighted by Crippen LogP contribution is 2.32. The number of nitrogens with zero attached hydrogens (tertiary/aromatic N) is 4. The van der Waals surface area contributed by atoms with E-state index >= 15 is 0 Å². The van der Waals surface area contributed by atoms with Gasteiger partial charge in [0.15, 0.2) is 0 Å². The van der Waals surface area contributed by atoms with Crippen LogP contribution in [0.15, 0.2) is 24.2 Å². The summed E-state index contributed by atoms with van der Waals surface area (Å²) in [6.45, 7) is 2.19. The Labute approximate surface area is 83.2 Å². The van der Waals surface area contributed by atoms with Crippen molar-refractivity contribution in [2.75, 3.05) is 6.54 Å². The molecule has 0 bridgehead atoms. The topological polar surface area (TPSA) is 34.0 Å². The molecule has 0 unspecified atom stereocenters. The Kier molecular flexibility index (Phi) is 1.79. The van der Waals surface area contributed by atoms with E-state index < -0.39 is 0 Å². The van der Waals surface area contributed by atoms with Crippen molar-refractivity contribution < 1.29 is 0 Å². The molecule has 3 heterocycles. The fraction of sp³-hybridized carbons (Fsp3) is 0.600. The van der Waals surface area contributed by atoms with E-state index in [4.69, 9.17) is 0 Å². The molecule has 3 rings (SSSR count). The molecular weight excluding hydrogens is 176 g/mol. The van der Waals surface area contributed by atoms with Gasteiger partial charge < -0.3 is 4.90 Å². The first-order valence-electron chi connectivity index (χ1n) is 5.23. The quantitative estimate of drug-likeness (QED) is 0.698. The summed E-state index contributed by atoms with van der Waals surface area (Å²) in [6, 6.07) is 0.644. The molecule has 74 valence electrons. The highest BCUT2D eigenvalue weighted by Gasteiger charge is 2.30. The summed E-state index contributed by atoms with van der Waals surface area (Å²) in [5.41, 5.74) is 1.55. The predicted molar refractivity (Wildman–Crippen MR) is 52.5 cm³/mol. The van der Waals surface area contributed by atoms with Crippen LogP contribution in [0.2, 0.25) is 0 Å². The number of allylic oxidation sites excluding steroid dienone is 1. The summed E-state index contributed by atoms with van der Waals surface area (Å²) in [7, 11) is 0. The molecule has 1 aromatic heterocycles. The molecule has 0 spiro atoms. The monoisotopic (exact) mass is 190 g/mol. The van der Waals surface area contributed by atoms with E-state index in [1.54, 1.807) is 11.9 Å². The minimum atomic E-state index is 0.644. The Morgan fingerprint density at radius 1 is 1.50 bits per heavy atom. The van der Waals surface area contributed by atoms with Crippen molar-refractivity contribution in [3.05, 3.63) is 24.2 Å². The van der Waals surface area contributed by atoms with Crippen molar-refractivity contribution in [3.8, 4) is 0 Å². The Balaban J connectivity index is 1.72. The first kappa shape index (κ1) is 8.03. The van der Waals surface area contributed by atoms with Crippen LogP contribution in [0.5, 0.6) is 0 Å². The van der Waals surface area contributed by atoms with Crippen molar-refractivity contribution in [1.82, 2.24) is 19.9 Å². The van der Waals surface area contributed by atoms with Crippen LogP contribution >= 0.6 is 0 Å². The number of aromatic nitrogens is 3. The zero-order chi connectivity index (χ0) is 9.38. The van der Waals surface area contributed by atoms with Crippen LogP contribution in [0.4, 0.5) is 0 Å². The maximum absolute atomic E-state index is 4.01. The average Bonchev–Trinajstić information content (AvgIpc) is 2.85. The molecule has 1 atom stereocenters. The molecular formula is C10H14N4. The molecule has 1 fully saturated rings. The average molecular weight is 190 g/mol. The van der Waals surface area contributed by atoms with Crippen molar-refractivity contribution in [1.29, 1.82) is 0 Å². The van der Waals surface area contributed by atoms with E-state index in [0.717, 1.165) is 6.54 Å². The molecule has 14 heavy (non-hydrogen) atoms. The Bertz CT molecular complexity index is 341. The molecule has 0 saturated carbocycles. The van der Waals surface area contributed by atoms with Crippen LogP contribution in [0, 0.1) is 0 Å². The van der Waals surface area contributed by atoms with Gasteiger partial charge in [-0.25, -0.2) is 0 Å². The van der Waals surface area contributed by atoms with Crippen LogP contribution in [-0.4, -0.2) is 32.5 Å². The second-order valence-corrected chi connectivity index (χ2v) is 4.00. The SMILES string of the molecule is C1=C2CC[C@@H](Cn3ccnn3)N2CC1. The van der Waals surface area contributed by atoms with Gasteiger partial charge in [0.1, 0.15) is 0 Å². The highest BCUT2D eigenvalue weighted by molar-refractivity contribution is 5.14. The van der Waals surface area contributed by atoms with Gasteiger partial charge in [-0.05, 0) is 19.3 Å². The lowest BCUT2D eigenvalue weighted by Gasteiger charge is -2.23. The van der Waals surface area contributed by atoms with Crippen molar-refractivity contribution in [2.45, 2.75) is 31.8 Å². The minimum absolute atomic E-state index is 0.644. The summed E-state index contributed by atoms with van der Waals surface area (Å²) in [5.74, 6) is 0. The standard InChI is InChI=1S/C10H14N4/c1-2-9-3-4-10(14(9)6-1)8-13-7-5-11-12-13/h2,5,7,10H,1,3-4,6,8H2/t10-/m0/s1. The van der Waals surface area contributed by atoms with Gasteiger partial charge in [-0.3, -0.25) is 4.68 Å². The normalized spacial score (nSPS) is 25.3. The van der Waals surface area contributed by atoms with Crippen LogP contribution in [-0.2, 0) is 6.54 Å². The number of hydrogen-bond acceptors (Lipinski definition) is 3. The molecule has 4 heteroatoms. The molecule has 1 saturated heterocycles. The molecule has 0 radical (unpaired) electrons. The molecule has 0 aliphatic carbocycles. The Hall–Kier alpha value is -1.32. The first-order valence-corrected chi connectivity index (χ1v) is 5.23. The largest absolute Gasteiger partial charge is 0.370 e. The third-order valence-electron chi connectivity index (χ3n) is 3.16. The van der Waals surface area contributed by atoms with E-state index in [0.29, 0.717) is 6.04 Å². The maximum atomic E-state index is 4.01. The minimum Gasteiger partial charge on any atom is -0.370 e. The predicted octanol–water partition coefficient (Wildman–Crippen LogP) is 1.03. The number of hydrogen-bond donors (Lipinski definition) is 0. The zero-order valence-corrected chi connectivity index (χ0v) is 8.13. The summed E-state index contributed by atoms with van der Waals surface area (Å²) in [6.07, 6.45) is 9.81. The summed E-state index contributed by atoms with van der Waals surface area (Å²) in [5, 5.41) is 7.84. The van der Waals surface area contributed by atoms with Crippen molar-refractivity contribution >= 4 is 0 Å². The van der Waals surface area contributed by atoms with Crippen LogP contribution in [0.1, 0.15) is 19.3 Å². The van der Waals surface area contributed by atoms with Gasteiger partial charge in [0.05, 0.1) is 12.7 Å². The van der Waals surface area contributed by atoms with Gasteiger partial charge in [-0.2, -0.15) is 0 Å². The Morgan fingerprint density at radius 2 is 2.50 bits per heavy atom. The lowest BCUT2D eigenvalue weighted by molar-refractivity contribution is 0.276. The second-order valence-electron chi connectivity index (χ2n) is 4.00. The maximum Gasteiger partial charge on any atom is 0.0692 e. The van der Waals surface area contributed by atoms with Crippen molar-refractivity contribution in [2.24, 2.45) is 0 Å².